The molecule has 2 heterocycles. The van der Waals surface area contributed by atoms with Crippen molar-refractivity contribution < 1.29 is 9.53 Å². The number of hydrogen-bond acceptors (Lipinski definition) is 3. The van der Waals surface area contributed by atoms with E-state index in [2.05, 4.69) is 5.32 Å². The minimum absolute atomic E-state index is 0.0208. The van der Waals surface area contributed by atoms with Crippen LogP contribution in [0.1, 0.15) is 57.8 Å². The van der Waals surface area contributed by atoms with Crippen molar-refractivity contribution in [3.05, 3.63) is 0 Å². The molecule has 3 aliphatic rings. The third-order valence-electron chi connectivity index (χ3n) is 5.67. The van der Waals surface area contributed by atoms with Crippen LogP contribution in [0.4, 0.5) is 0 Å². The van der Waals surface area contributed by atoms with E-state index in [0.29, 0.717) is 5.92 Å². The number of carbonyl (C=O) groups is 1. The lowest BCUT2D eigenvalue weighted by atomic mass is 9.70. The van der Waals surface area contributed by atoms with Crippen molar-refractivity contribution in [3.63, 3.8) is 0 Å². The fourth-order valence-corrected chi connectivity index (χ4v) is 4.64. The summed E-state index contributed by atoms with van der Waals surface area (Å²) in [5.41, 5.74) is 5.74. The number of nitrogens with two attached hydrogens (primary N) is 1. The predicted octanol–water partition coefficient (Wildman–Crippen LogP) is 1.97. The number of ether oxygens (including phenoxy) is 1. The van der Waals surface area contributed by atoms with E-state index in [1.54, 1.807) is 0 Å². The smallest absolute Gasteiger partial charge is 0.222 e. The third-order valence-corrected chi connectivity index (χ3v) is 5.67. The van der Waals surface area contributed by atoms with Gasteiger partial charge in [-0.25, -0.2) is 0 Å². The van der Waals surface area contributed by atoms with E-state index in [4.69, 9.17) is 10.5 Å². The zero-order valence-electron chi connectivity index (χ0n) is 12.4. The number of piperidine rings is 1. The Labute approximate surface area is 121 Å². The van der Waals surface area contributed by atoms with Crippen molar-refractivity contribution >= 4 is 5.91 Å². The average molecular weight is 280 g/mol. The molecule has 3 atom stereocenters. The van der Waals surface area contributed by atoms with Crippen molar-refractivity contribution in [1.82, 2.24) is 5.32 Å². The maximum absolute atomic E-state index is 11.7. The van der Waals surface area contributed by atoms with Crippen LogP contribution in [0, 0.1) is 11.8 Å². The van der Waals surface area contributed by atoms with E-state index in [9.17, 15) is 4.79 Å². The Hall–Kier alpha value is -0.610. The fraction of sp³-hybridized carbons (Fsp3) is 0.938. The average Bonchev–Trinajstić information content (AvgIpc) is 2.48. The van der Waals surface area contributed by atoms with E-state index < -0.39 is 0 Å². The van der Waals surface area contributed by atoms with Gasteiger partial charge in [0.15, 0.2) is 0 Å². The van der Waals surface area contributed by atoms with Gasteiger partial charge < -0.3 is 15.8 Å². The summed E-state index contributed by atoms with van der Waals surface area (Å²) in [6.07, 6.45) is 10.6. The molecule has 3 rings (SSSR count). The Kier molecular flexibility index (Phi) is 4.32. The highest BCUT2D eigenvalue weighted by Crippen LogP contribution is 2.43. The zero-order valence-corrected chi connectivity index (χ0v) is 12.4. The van der Waals surface area contributed by atoms with Crippen molar-refractivity contribution in [2.24, 2.45) is 17.6 Å². The number of hydrogen-bond donors (Lipinski definition) is 2. The topological polar surface area (TPSA) is 64.4 Å². The summed E-state index contributed by atoms with van der Waals surface area (Å²) in [6, 6.07) is 0.281. The van der Waals surface area contributed by atoms with E-state index in [-0.39, 0.29) is 23.5 Å². The van der Waals surface area contributed by atoms with Crippen LogP contribution in [0.3, 0.4) is 0 Å². The van der Waals surface area contributed by atoms with Gasteiger partial charge in [-0.1, -0.05) is 19.3 Å². The molecule has 3 fully saturated rings. The molecule has 3 N–H and O–H groups in total. The summed E-state index contributed by atoms with van der Waals surface area (Å²) in [4.78, 5) is 11.7. The monoisotopic (exact) mass is 280 g/mol. The van der Waals surface area contributed by atoms with Crippen LogP contribution in [-0.4, -0.2) is 30.7 Å². The lowest BCUT2D eigenvalue weighted by Crippen LogP contribution is -2.54. The maximum atomic E-state index is 11.7. The van der Waals surface area contributed by atoms with E-state index in [1.165, 1.54) is 32.1 Å². The zero-order chi connectivity index (χ0) is 14.0. The second-order valence-electron chi connectivity index (χ2n) is 6.98. The fourth-order valence-electron chi connectivity index (χ4n) is 4.64. The summed E-state index contributed by atoms with van der Waals surface area (Å²) in [5.74, 6) is 0.457. The first-order valence-corrected chi connectivity index (χ1v) is 8.37. The van der Waals surface area contributed by atoms with Crippen LogP contribution in [0.5, 0.6) is 0 Å². The van der Waals surface area contributed by atoms with Crippen LogP contribution < -0.4 is 11.1 Å². The summed E-state index contributed by atoms with van der Waals surface area (Å²) >= 11 is 0. The first-order valence-electron chi connectivity index (χ1n) is 8.37. The van der Waals surface area contributed by atoms with Gasteiger partial charge in [-0.3, -0.25) is 4.79 Å². The maximum Gasteiger partial charge on any atom is 0.222 e. The number of primary amides is 1. The first-order chi connectivity index (χ1) is 9.70. The molecular weight excluding hydrogens is 252 g/mol. The van der Waals surface area contributed by atoms with E-state index >= 15 is 0 Å². The molecule has 0 bridgehead atoms. The largest absolute Gasteiger partial charge is 0.375 e. The van der Waals surface area contributed by atoms with Crippen LogP contribution >= 0.6 is 0 Å². The van der Waals surface area contributed by atoms with Crippen LogP contribution in [0.15, 0.2) is 0 Å². The summed E-state index contributed by atoms with van der Waals surface area (Å²) in [6.45, 7) is 1.88. The van der Waals surface area contributed by atoms with Gasteiger partial charge in [0, 0.05) is 12.6 Å². The minimum Gasteiger partial charge on any atom is -0.375 e. The summed E-state index contributed by atoms with van der Waals surface area (Å²) in [5, 5.41) is 3.59. The molecule has 0 radical (unpaired) electrons. The number of nitrogens with one attached hydrogen (secondary N) is 1. The SMILES string of the molecule is NC(=O)C1CCCNC1C1CCOC2(CCCCC2)C1. The first kappa shape index (κ1) is 14.3. The van der Waals surface area contributed by atoms with Gasteiger partial charge in [-0.2, -0.15) is 0 Å². The van der Waals surface area contributed by atoms with Crippen LogP contribution in [0.2, 0.25) is 0 Å². The van der Waals surface area contributed by atoms with Gasteiger partial charge in [-0.05, 0) is 51.0 Å². The molecule has 2 saturated heterocycles. The molecule has 3 unspecified atom stereocenters. The molecule has 20 heavy (non-hydrogen) atoms. The Morgan fingerprint density at radius 2 is 1.95 bits per heavy atom. The summed E-state index contributed by atoms with van der Waals surface area (Å²) in [7, 11) is 0. The van der Waals surface area contributed by atoms with Gasteiger partial charge in [0.1, 0.15) is 0 Å². The molecule has 1 aliphatic carbocycles. The molecule has 2 aliphatic heterocycles. The highest BCUT2D eigenvalue weighted by Gasteiger charge is 2.43. The van der Waals surface area contributed by atoms with Crippen molar-refractivity contribution in [2.45, 2.75) is 69.4 Å². The van der Waals surface area contributed by atoms with Crippen LogP contribution in [-0.2, 0) is 9.53 Å². The molecule has 4 nitrogen and oxygen atoms in total. The predicted molar refractivity (Wildman–Crippen MR) is 78.2 cm³/mol. The standard InChI is InChI=1S/C16H28N2O2/c17-15(19)13-5-4-9-18-14(13)12-6-10-20-16(11-12)7-2-1-3-8-16/h12-14,18H,1-11H2,(H2,17,19). The summed E-state index contributed by atoms with van der Waals surface area (Å²) < 4.78 is 6.18. The molecule has 0 aromatic rings. The Bertz CT molecular complexity index is 347. The van der Waals surface area contributed by atoms with Crippen molar-refractivity contribution in [3.8, 4) is 0 Å². The molecule has 1 amide bonds. The van der Waals surface area contributed by atoms with Gasteiger partial charge >= 0.3 is 0 Å². The number of rotatable bonds is 2. The second-order valence-corrected chi connectivity index (χ2v) is 6.98. The number of carbonyl (C=O) groups excluding carboxylic acids is 1. The highest BCUT2D eigenvalue weighted by atomic mass is 16.5. The van der Waals surface area contributed by atoms with Crippen LogP contribution in [0.25, 0.3) is 0 Å². The molecule has 0 aromatic carbocycles. The quantitative estimate of drug-likeness (QED) is 0.813. The molecule has 0 aromatic heterocycles. The Morgan fingerprint density at radius 1 is 1.15 bits per heavy atom. The molecule has 4 heteroatoms. The van der Waals surface area contributed by atoms with E-state index in [0.717, 1.165) is 38.8 Å². The highest BCUT2D eigenvalue weighted by molar-refractivity contribution is 5.77. The normalized spacial score (nSPS) is 37.7. The lowest BCUT2D eigenvalue weighted by molar-refractivity contribution is -0.134. The van der Waals surface area contributed by atoms with E-state index in [1.807, 2.05) is 0 Å². The van der Waals surface area contributed by atoms with Gasteiger partial charge in [0.05, 0.1) is 11.5 Å². The van der Waals surface area contributed by atoms with Crippen molar-refractivity contribution in [1.29, 1.82) is 0 Å². The van der Waals surface area contributed by atoms with Gasteiger partial charge in [0.25, 0.3) is 0 Å². The molecule has 1 saturated carbocycles. The Morgan fingerprint density at radius 3 is 2.70 bits per heavy atom. The molecular formula is C16H28N2O2. The van der Waals surface area contributed by atoms with Gasteiger partial charge in [-0.15, -0.1) is 0 Å². The number of amides is 1. The molecule has 1 spiro atoms. The second kappa shape index (κ2) is 6.02. The lowest BCUT2D eigenvalue weighted by Gasteiger charge is -2.47. The molecule has 114 valence electrons. The third kappa shape index (κ3) is 2.86. The van der Waals surface area contributed by atoms with Gasteiger partial charge in [0.2, 0.25) is 5.91 Å². The Balaban J connectivity index is 1.70. The van der Waals surface area contributed by atoms with Crippen molar-refractivity contribution in [2.75, 3.05) is 13.2 Å². The minimum atomic E-state index is -0.119.